The Kier molecular flexibility index (Phi) is 7.16. The highest BCUT2D eigenvalue weighted by atomic mass is 16.6. The highest BCUT2D eigenvalue weighted by Crippen LogP contribution is 2.44. The summed E-state index contributed by atoms with van der Waals surface area (Å²) in [5.41, 5.74) is 10.0. The third kappa shape index (κ3) is 5.47. The van der Waals surface area contributed by atoms with Gasteiger partial charge in [0, 0.05) is 23.8 Å². The van der Waals surface area contributed by atoms with Crippen LogP contribution in [0.1, 0.15) is 38.5 Å². The lowest BCUT2D eigenvalue weighted by molar-refractivity contribution is -0.384. The number of nitro benzene ring substituents is 1. The monoisotopic (exact) mass is 533 g/mol. The third-order valence-electron chi connectivity index (χ3n) is 6.43. The third-order valence-corrected chi connectivity index (χ3v) is 6.43. The summed E-state index contributed by atoms with van der Waals surface area (Å²) in [6, 6.07) is 27.6. The Bertz CT molecular complexity index is 1670. The molecule has 2 N–H and O–H groups in total. The molecule has 0 amide bonds. The van der Waals surface area contributed by atoms with Crippen molar-refractivity contribution in [3.05, 3.63) is 140 Å². The van der Waals surface area contributed by atoms with Crippen LogP contribution in [-0.4, -0.2) is 10.9 Å². The molecule has 0 bridgehead atoms. The number of nitrogens with two attached hydrogens (primary N) is 1. The van der Waals surface area contributed by atoms with Gasteiger partial charge in [-0.3, -0.25) is 10.1 Å². The van der Waals surface area contributed by atoms with Crippen LogP contribution in [0.2, 0.25) is 0 Å². The Morgan fingerprint density at radius 2 is 1.77 bits per heavy atom. The summed E-state index contributed by atoms with van der Waals surface area (Å²) in [5.74, 6) is -0.121. The van der Waals surface area contributed by atoms with Gasteiger partial charge in [0.25, 0.3) is 5.69 Å². The minimum atomic E-state index is -0.693. The van der Waals surface area contributed by atoms with Gasteiger partial charge in [-0.25, -0.2) is 4.79 Å². The van der Waals surface area contributed by atoms with Crippen LogP contribution >= 0.6 is 0 Å². The maximum atomic E-state index is 12.6. The molecule has 4 aromatic rings. The number of nitro groups is 1. The first-order valence-electron chi connectivity index (χ1n) is 12.3. The maximum Gasteiger partial charge on any atom is 0.343 e. The molecule has 198 valence electrons. The highest BCUT2D eigenvalue weighted by molar-refractivity contribution is 5.91. The Morgan fingerprint density at radius 1 is 1.02 bits per heavy atom. The number of benzene rings is 4. The molecule has 9 heteroatoms. The zero-order valence-corrected chi connectivity index (χ0v) is 21.4. The molecule has 1 aliphatic rings. The van der Waals surface area contributed by atoms with Crippen molar-refractivity contribution < 1.29 is 23.9 Å². The van der Waals surface area contributed by atoms with Gasteiger partial charge in [0.05, 0.1) is 16.4 Å². The van der Waals surface area contributed by atoms with Gasteiger partial charge in [-0.05, 0) is 48.4 Å². The average Bonchev–Trinajstić information content (AvgIpc) is 2.96. The molecule has 0 aliphatic carbocycles. The van der Waals surface area contributed by atoms with Gasteiger partial charge in [0.15, 0.2) is 0 Å². The van der Waals surface area contributed by atoms with Gasteiger partial charge in [-0.15, -0.1) is 0 Å². The number of carbonyl (C=O) groups excluding carboxylic acids is 1. The van der Waals surface area contributed by atoms with Crippen LogP contribution in [0.3, 0.4) is 0 Å². The summed E-state index contributed by atoms with van der Waals surface area (Å²) in [4.78, 5) is 22.9. The fraction of sp³-hybridized carbons (Fsp3) is 0.0968. The van der Waals surface area contributed by atoms with E-state index in [-0.39, 0.29) is 28.5 Å². The van der Waals surface area contributed by atoms with Crippen molar-refractivity contribution in [3.63, 3.8) is 0 Å². The topological polar surface area (TPSA) is 138 Å². The predicted octanol–water partition coefficient (Wildman–Crippen LogP) is 5.92. The van der Waals surface area contributed by atoms with E-state index in [0.29, 0.717) is 23.7 Å². The number of aryl methyl sites for hydroxylation is 1. The summed E-state index contributed by atoms with van der Waals surface area (Å²) in [6.07, 6.45) is 0. The van der Waals surface area contributed by atoms with Crippen LogP contribution in [0.25, 0.3) is 0 Å². The van der Waals surface area contributed by atoms with Gasteiger partial charge in [-0.1, -0.05) is 48.0 Å². The van der Waals surface area contributed by atoms with Crippen molar-refractivity contribution in [2.45, 2.75) is 19.4 Å². The van der Waals surface area contributed by atoms with Crippen molar-refractivity contribution >= 4 is 11.7 Å². The van der Waals surface area contributed by atoms with E-state index in [1.165, 1.54) is 35.9 Å². The van der Waals surface area contributed by atoms with Crippen LogP contribution in [-0.2, 0) is 6.61 Å². The number of carbonyl (C=O) groups is 1. The molecule has 40 heavy (non-hydrogen) atoms. The second-order valence-electron chi connectivity index (χ2n) is 9.16. The Labute approximate surface area is 229 Å². The molecule has 1 heterocycles. The molecule has 4 aromatic carbocycles. The molecule has 0 fully saturated rings. The van der Waals surface area contributed by atoms with Gasteiger partial charge >= 0.3 is 5.97 Å². The van der Waals surface area contributed by atoms with Gasteiger partial charge in [-0.2, -0.15) is 5.26 Å². The van der Waals surface area contributed by atoms with E-state index in [9.17, 15) is 20.2 Å². The first-order valence-corrected chi connectivity index (χ1v) is 12.3. The molecule has 5 rings (SSSR count). The van der Waals surface area contributed by atoms with Crippen molar-refractivity contribution in [1.82, 2.24) is 0 Å². The molecule has 0 radical (unpaired) electrons. The number of esters is 1. The van der Waals surface area contributed by atoms with E-state index in [0.717, 1.165) is 11.1 Å². The molecule has 0 saturated heterocycles. The van der Waals surface area contributed by atoms with Gasteiger partial charge in [0.2, 0.25) is 5.88 Å². The normalized spacial score (nSPS) is 13.9. The standard InChI is InChI=1S/C31H23N3O6/c1-19-5-7-20(8-6-19)18-38-24-4-2-3-22(15-24)29-26-14-13-25(16-28(26)40-30(33)27(29)17-32)39-31(35)21-9-11-23(12-10-21)34(36)37/h2-16,29H,18,33H2,1H3. The summed E-state index contributed by atoms with van der Waals surface area (Å²) in [7, 11) is 0. The van der Waals surface area contributed by atoms with E-state index in [1.54, 1.807) is 12.1 Å². The van der Waals surface area contributed by atoms with E-state index in [4.69, 9.17) is 19.9 Å². The number of hydrogen-bond acceptors (Lipinski definition) is 8. The summed E-state index contributed by atoms with van der Waals surface area (Å²) in [6.45, 7) is 2.42. The average molecular weight is 534 g/mol. The van der Waals surface area contributed by atoms with E-state index >= 15 is 0 Å². The minimum Gasteiger partial charge on any atom is -0.489 e. The zero-order valence-electron chi connectivity index (χ0n) is 21.4. The van der Waals surface area contributed by atoms with Crippen molar-refractivity contribution in [3.8, 4) is 23.3 Å². The Balaban J connectivity index is 1.39. The van der Waals surface area contributed by atoms with Crippen LogP contribution in [0.4, 0.5) is 5.69 Å². The lowest BCUT2D eigenvalue weighted by Crippen LogP contribution is -2.21. The van der Waals surface area contributed by atoms with Crippen molar-refractivity contribution in [2.24, 2.45) is 5.73 Å². The minimum absolute atomic E-state index is 0.0511. The molecule has 1 unspecified atom stereocenters. The second kappa shape index (κ2) is 11.0. The maximum absolute atomic E-state index is 12.6. The molecule has 9 nitrogen and oxygen atoms in total. The molecule has 0 aromatic heterocycles. The number of non-ortho nitro benzene ring substituents is 1. The lowest BCUT2D eigenvalue weighted by Gasteiger charge is -2.27. The van der Waals surface area contributed by atoms with Crippen LogP contribution in [0.15, 0.2) is 102 Å². The molecule has 0 saturated carbocycles. The Hall–Kier alpha value is -5.62. The largest absolute Gasteiger partial charge is 0.489 e. The molecule has 0 spiro atoms. The fourth-order valence-electron chi connectivity index (χ4n) is 4.36. The molecule has 1 atom stereocenters. The van der Waals surface area contributed by atoms with E-state index in [2.05, 4.69) is 6.07 Å². The van der Waals surface area contributed by atoms with Crippen LogP contribution in [0, 0.1) is 28.4 Å². The van der Waals surface area contributed by atoms with Gasteiger partial charge in [0.1, 0.15) is 35.5 Å². The first-order chi connectivity index (χ1) is 19.3. The number of nitrogens with zero attached hydrogens (tertiary/aromatic N) is 2. The number of allylic oxidation sites excluding steroid dienone is 1. The number of nitriles is 1. The predicted molar refractivity (Wildman–Crippen MR) is 146 cm³/mol. The summed E-state index contributed by atoms with van der Waals surface area (Å²) >= 11 is 0. The van der Waals surface area contributed by atoms with Crippen LogP contribution in [0.5, 0.6) is 17.2 Å². The fourth-order valence-corrected chi connectivity index (χ4v) is 4.36. The lowest BCUT2D eigenvalue weighted by atomic mass is 9.83. The second-order valence-corrected chi connectivity index (χ2v) is 9.16. The first kappa shape index (κ1) is 26.0. The zero-order chi connectivity index (χ0) is 28.2. The van der Waals surface area contributed by atoms with Crippen molar-refractivity contribution in [1.29, 1.82) is 5.26 Å². The smallest absolute Gasteiger partial charge is 0.343 e. The van der Waals surface area contributed by atoms with Crippen molar-refractivity contribution in [2.75, 3.05) is 0 Å². The molecule has 1 aliphatic heterocycles. The number of hydrogen-bond donors (Lipinski definition) is 1. The number of ether oxygens (including phenoxy) is 3. The van der Waals surface area contributed by atoms with E-state index in [1.807, 2.05) is 55.5 Å². The summed E-state index contributed by atoms with van der Waals surface area (Å²) < 4.78 is 17.2. The molecular formula is C31H23N3O6. The van der Waals surface area contributed by atoms with E-state index < -0.39 is 16.8 Å². The van der Waals surface area contributed by atoms with Gasteiger partial charge < -0.3 is 19.9 Å². The SMILES string of the molecule is Cc1ccc(COc2cccc(C3C(C#N)=C(N)Oc4cc(OC(=O)c5ccc([N+](=O)[O-])cc5)ccc43)c2)cc1. The quantitative estimate of drug-likeness (QED) is 0.134. The highest BCUT2D eigenvalue weighted by Gasteiger charge is 2.31. The van der Waals surface area contributed by atoms with Crippen LogP contribution < -0.4 is 19.9 Å². The number of rotatable bonds is 7. The molecular weight excluding hydrogens is 510 g/mol. The Morgan fingerprint density at radius 3 is 2.48 bits per heavy atom. The summed E-state index contributed by atoms with van der Waals surface area (Å²) in [5, 5.41) is 20.8. The number of fused-ring (bicyclic) bond motifs is 1.